The molecule has 1 N–H and O–H groups in total. The quantitative estimate of drug-likeness (QED) is 0.669. The molecule has 0 aliphatic carbocycles. The Hall–Kier alpha value is -0.960. The number of nitrogens with one attached hydrogen (secondary N) is 1. The minimum atomic E-state index is 0.625. The predicted octanol–water partition coefficient (Wildman–Crippen LogP) is 0.944. The Morgan fingerprint density at radius 3 is 2.83 bits per heavy atom. The molecule has 1 atom stereocenters. The lowest BCUT2D eigenvalue weighted by molar-refractivity contribution is 0.460. The average molecular weight is 163 g/mol. The van der Waals surface area contributed by atoms with E-state index in [2.05, 4.69) is 15.3 Å². The lowest BCUT2D eigenvalue weighted by atomic mass is 9.94. The molecule has 1 fully saturated rings. The molecule has 1 saturated heterocycles. The molecular formula is C9H13N3. The summed E-state index contributed by atoms with van der Waals surface area (Å²) in [6.07, 6.45) is 7.95. The average Bonchev–Trinajstić information content (AvgIpc) is 2.21. The third kappa shape index (κ3) is 1.61. The highest BCUT2D eigenvalue weighted by molar-refractivity contribution is 5.11. The Labute approximate surface area is 72.2 Å². The van der Waals surface area contributed by atoms with Crippen LogP contribution in [0.25, 0.3) is 0 Å². The van der Waals surface area contributed by atoms with Gasteiger partial charge in [-0.15, -0.1) is 0 Å². The van der Waals surface area contributed by atoms with Crippen LogP contribution in [0.4, 0.5) is 0 Å². The van der Waals surface area contributed by atoms with Gasteiger partial charge in [0.05, 0.1) is 0 Å². The third-order valence-corrected chi connectivity index (χ3v) is 2.35. The second-order valence-corrected chi connectivity index (χ2v) is 3.22. The van der Waals surface area contributed by atoms with E-state index in [1.165, 1.54) is 18.4 Å². The topological polar surface area (TPSA) is 37.8 Å². The Kier molecular flexibility index (Phi) is 2.32. The van der Waals surface area contributed by atoms with Crippen molar-refractivity contribution in [3.05, 3.63) is 24.3 Å². The zero-order valence-electron chi connectivity index (χ0n) is 7.03. The van der Waals surface area contributed by atoms with Gasteiger partial charge in [0.1, 0.15) is 6.33 Å². The molecular weight excluding hydrogens is 150 g/mol. The van der Waals surface area contributed by atoms with Gasteiger partial charge in [-0.1, -0.05) is 0 Å². The van der Waals surface area contributed by atoms with Gasteiger partial charge >= 0.3 is 0 Å². The number of rotatable bonds is 1. The largest absolute Gasteiger partial charge is 0.316 e. The summed E-state index contributed by atoms with van der Waals surface area (Å²) in [5.41, 5.74) is 1.27. The molecule has 1 aromatic rings. The van der Waals surface area contributed by atoms with Crippen molar-refractivity contribution in [2.24, 2.45) is 0 Å². The molecule has 64 valence electrons. The number of nitrogens with zero attached hydrogens (tertiary/aromatic N) is 2. The van der Waals surface area contributed by atoms with E-state index in [0.29, 0.717) is 5.92 Å². The minimum Gasteiger partial charge on any atom is -0.316 e. The second kappa shape index (κ2) is 3.63. The summed E-state index contributed by atoms with van der Waals surface area (Å²) in [5, 5.41) is 3.38. The van der Waals surface area contributed by atoms with Crippen molar-refractivity contribution >= 4 is 0 Å². The van der Waals surface area contributed by atoms with Gasteiger partial charge in [0.15, 0.2) is 0 Å². The zero-order chi connectivity index (χ0) is 8.23. The van der Waals surface area contributed by atoms with Crippen LogP contribution in [0.15, 0.2) is 18.7 Å². The normalized spacial score (nSPS) is 23.8. The maximum Gasteiger partial charge on any atom is 0.115 e. The Bertz CT molecular complexity index is 229. The highest BCUT2D eigenvalue weighted by Crippen LogP contribution is 2.20. The zero-order valence-corrected chi connectivity index (χ0v) is 7.03. The van der Waals surface area contributed by atoms with Gasteiger partial charge in [0, 0.05) is 18.9 Å². The lowest BCUT2D eigenvalue weighted by Crippen LogP contribution is -2.28. The summed E-state index contributed by atoms with van der Waals surface area (Å²) in [4.78, 5) is 8.04. The molecule has 3 nitrogen and oxygen atoms in total. The fourth-order valence-electron chi connectivity index (χ4n) is 1.66. The van der Waals surface area contributed by atoms with E-state index in [9.17, 15) is 0 Å². The molecule has 2 rings (SSSR count). The first kappa shape index (κ1) is 7.68. The van der Waals surface area contributed by atoms with Crippen LogP contribution < -0.4 is 5.32 Å². The fraction of sp³-hybridized carbons (Fsp3) is 0.556. The summed E-state index contributed by atoms with van der Waals surface area (Å²) < 4.78 is 0. The van der Waals surface area contributed by atoms with Crippen molar-refractivity contribution in [1.29, 1.82) is 0 Å². The van der Waals surface area contributed by atoms with E-state index in [1.807, 2.05) is 12.4 Å². The second-order valence-electron chi connectivity index (χ2n) is 3.22. The van der Waals surface area contributed by atoms with Crippen LogP contribution in [0.3, 0.4) is 0 Å². The first-order chi connectivity index (χ1) is 5.97. The molecule has 1 aliphatic heterocycles. The van der Waals surface area contributed by atoms with E-state index in [1.54, 1.807) is 6.33 Å². The maximum atomic E-state index is 4.02. The summed E-state index contributed by atoms with van der Waals surface area (Å²) in [7, 11) is 0. The van der Waals surface area contributed by atoms with Gasteiger partial charge in [-0.05, 0) is 30.9 Å². The molecule has 1 aromatic heterocycles. The van der Waals surface area contributed by atoms with E-state index >= 15 is 0 Å². The van der Waals surface area contributed by atoms with Crippen molar-refractivity contribution in [1.82, 2.24) is 15.3 Å². The van der Waals surface area contributed by atoms with Crippen LogP contribution >= 0.6 is 0 Å². The SMILES string of the molecule is c1ncc(C2CCCNC2)cn1. The van der Waals surface area contributed by atoms with Crippen LogP contribution in [-0.2, 0) is 0 Å². The Balaban J connectivity index is 2.08. The predicted molar refractivity (Wildman–Crippen MR) is 46.9 cm³/mol. The van der Waals surface area contributed by atoms with Crippen molar-refractivity contribution in [3.63, 3.8) is 0 Å². The molecule has 1 unspecified atom stereocenters. The van der Waals surface area contributed by atoms with Crippen LogP contribution in [0.1, 0.15) is 24.3 Å². The summed E-state index contributed by atoms with van der Waals surface area (Å²) in [6, 6.07) is 0. The van der Waals surface area contributed by atoms with Gasteiger partial charge in [-0.2, -0.15) is 0 Å². The molecule has 0 amide bonds. The lowest BCUT2D eigenvalue weighted by Gasteiger charge is -2.22. The van der Waals surface area contributed by atoms with Gasteiger partial charge in [-0.25, -0.2) is 9.97 Å². The molecule has 1 aliphatic rings. The number of piperidine rings is 1. The molecule has 3 heteroatoms. The first-order valence-electron chi connectivity index (χ1n) is 4.42. The van der Waals surface area contributed by atoms with Crippen LogP contribution in [0.5, 0.6) is 0 Å². The van der Waals surface area contributed by atoms with E-state index in [0.717, 1.165) is 13.1 Å². The molecule has 0 spiro atoms. The minimum absolute atomic E-state index is 0.625. The summed E-state index contributed by atoms with van der Waals surface area (Å²) in [5.74, 6) is 0.625. The fourth-order valence-corrected chi connectivity index (χ4v) is 1.66. The monoisotopic (exact) mass is 163 g/mol. The molecule has 12 heavy (non-hydrogen) atoms. The van der Waals surface area contributed by atoms with Crippen molar-refractivity contribution in [2.45, 2.75) is 18.8 Å². The van der Waals surface area contributed by atoms with E-state index in [-0.39, 0.29) is 0 Å². The summed E-state index contributed by atoms with van der Waals surface area (Å²) >= 11 is 0. The third-order valence-electron chi connectivity index (χ3n) is 2.35. The molecule has 0 radical (unpaired) electrons. The molecule has 0 saturated carbocycles. The standard InChI is InChI=1S/C9H13N3/c1-2-8(4-10-3-1)9-5-11-7-12-6-9/h5-8,10H,1-4H2. The molecule has 2 heterocycles. The molecule has 0 aromatic carbocycles. The highest BCUT2D eigenvalue weighted by atomic mass is 14.9. The number of hydrogen-bond donors (Lipinski definition) is 1. The Morgan fingerprint density at radius 1 is 1.33 bits per heavy atom. The van der Waals surface area contributed by atoms with E-state index < -0.39 is 0 Å². The van der Waals surface area contributed by atoms with Gasteiger partial charge in [-0.3, -0.25) is 0 Å². The summed E-state index contributed by atoms with van der Waals surface area (Å²) in [6.45, 7) is 2.23. The van der Waals surface area contributed by atoms with Crippen LogP contribution in [0, 0.1) is 0 Å². The van der Waals surface area contributed by atoms with Gasteiger partial charge in [0.25, 0.3) is 0 Å². The van der Waals surface area contributed by atoms with Crippen LogP contribution in [0.2, 0.25) is 0 Å². The van der Waals surface area contributed by atoms with Gasteiger partial charge < -0.3 is 5.32 Å². The van der Waals surface area contributed by atoms with Crippen molar-refractivity contribution < 1.29 is 0 Å². The number of hydrogen-bond acceptors (Lipinski definition) is 3. The Morgan fingerprint density at radius 2 is 2.17 bits per heavy atom. The van der Waals surface area contributed by atoms with Crippen LogP contribution in [-0.4, -0.2) is 23.1 Å². The first-order valence-corrected chi connectivity index (χ1v) is 4.42. The molecule has 0 bridgehead atoms. The maximum absolute atomic E-state index is 4.02. The smallest absolute Gasteiger partial charge is 0.115 e. The van der Waals surface area contributed by atoms with Crippen molar-refractivity contribution in [3.8, 4) is 0 Å². The van der Waals surface area contributed by atoms with Gasteiger partial charge in [0.2, 0.25) is 0 Å². The number of aromatic nitrogens is 2. The highest BCUT2D eigenvalue weighted by Gasteiger charge is 2.14. The van der Waals surface area contributed by atoms with E-state index in [4.69, 9.17) is 0 Å². The van der Waals surface area contributed by atoms with Crippen molar-refractivity contribution in [2.75, 3.05) is 13.1 Å².